The lowest BCUT2D eigenvalue weighted by molar-refractivity contribution is -0.00522. The van der Waals surface area contributed by atoms with Crippen LogP contribution in [0.25, 0.3) is 0 Å². The fourth-order valence-electron chi connectivity index (χ4n) is 5.29. The van der Waals surface area contributed by atoms with Crippen molar-refractivity contribution in [2.24, 2.45) is 17.8 Å². The molecule has 1 aromatic rings. The zero-order valence-corrected chi connectivity index (χ0v) is 14.2. The second-order valence-corrected chi connectivity index (χ2v) is 8.84. The highest BCUT2D eigenvalue weighted by atomic mass is 127. The van der Waals surface area contributed by atoms with E-state index in [2.05, 4.69) is 56.7 Å². The molecule has 0 saturated heterocycles. The molecule has 4 aliphatic carbocycles. The number of benzene rings is 1. The van der Waals surface area contributed by atoms with E-state index in [1.165, 1.54) is 46.6 Å². The van der Waals surface area contributed by atoms with Crippen molar-refractivity contribution in [1.29, 1.82) is 0 Å². The second-order valence-electron chi connectivity index (χ2n) is 6.83. The first-order valence-corrected chi connectivity index (χ1v) is 8.97. The van der Waals surface area contributed by atoms with Gasteiger partial charge in [-0.15, -0.1) is 0 Å². The highest BCUT2D eigenvalue weighted by Gasteiger charge is 2.51. The number of hydrogen-bond donors (Lipinski definition) is 0. The Bertz CT molecular complexity index is 459. The Balaban J connectivity index is 1.76. The van der Waals surface area contributed by atoms with Crippen LogP contribution < -0.4 is 0 Å². The summed E-state index contributed by atoms with van der Waals surface area (Å²) in [5, 5.41) is 0. The fraction of sp³-hybridized carbons (Fsp3) is 0.625. The summed E-state index contributed by atoms with van der Waals surface area (Å²) >= 11 is 6.09. The minimum atomic E-state index is 0.551. The molecule has 0 atom stereocenters. The van der Waals surface area contributed by atoms with Crippen LogP contribution in [-0.2, 0) is 5.41 Å². The van der Waals surface area contributed by atoms with Gasteiger partial charge in [-0.25, -0.2) is 0 Å². The van der Waals surface area contributed by atoms with Crippen molar-refractivity contribution in [2.45, 2.75) is 43.9 Å². The molecule has 0 heterocycles. The summed E-state index contributed by atoms with van der Waals surface area (Å²) in [5.74, 6) is 3.12. The van der Waals surface area contributed by atoms with Gasteiger partial charge in [-0.3, -0.25) is 0 Å². The van der Waals surface area contributed by atoms with Crippen molar-refractivity contribution in [3.63, 3.8) is 0 Å². The normalized spacial score (nSPS) is 41.3. The lowest BCUT2D eigenvalue weighted by Crippen LogP contribution is -2.48. The van der Waals surface area contributed by atoms with E-state index in [1.54, 1.807) is 5.56 Å². The van der Waals surface area contributed by atoms with Gasteiger partial charge in [0.2, 0.25) is 0 Å². The fourth-order valence-corrected chi connectivity index (χ4v) is 6.05. The molecule has 0 N–H and O–H groups in total. The van der Waals surface area contributed by atoms with Gasteiger partial charge in [-0.2, -0.15) is 0 Å². The minimum Gasteiger partial charge on any atom is -0.0573 e. The lowest BCUT2D eigenvalue weighted by Gasteiger charge is -2.57. The maximum atomic E-state index is 3.63. The highest BCUT2D eigenvalue weighted by molar-refractivity contribution is 14.1. The standard InChI is InChI=1S/C16H18BrI/c17-14-2-1-13(6-15(14)18)16-7-10-3-11(8-16)5-12(4-10)9-16/h1-2,6,10-12H,3-5,7-9H2. The van der Waals surface area contributed by atoms with E-state index in [0.29, 0.717) is 5.41 Å². The highest BCUT2D eigenvalue weighted by Crippen LogP contribution is 2.60. The van der Waals surface area contributed by atoms with Gasteiger partial charge < -0.3 is 0 Å². The average molecular weight is 417 g/mol. The Morgan fingerprint density at radius 1 is 1.00 bits per heavy atom. The van der Waals surface area contributed by atoms with Gasteiger partial charge in [0, 0.05) is 8.04 Å². The number of rotatable bonds is 1. The summed E-state index contributed by atoms with van der Waals surface area (Å²) in [5.41, 5.74) is 2.18. The van der Waals surface area contributed by atoms with Crippen molar-refractivity contribution in [3.05, 3.63) is 31.8 Å². The molecule has 18 heavy (non-hydrogen) atoms. The van der Waals surface area contributed by atoms with E-state index in [-0.39, 0.29) is 0 Å². The van der Waals surface area contributed by atoms with Crippen molar-refractivity contribution in [2.75, 3.05) is 0 Å². The lowest BCUT2D eigenvalue weighted by atomic mass is 9.48. The molecule has 0 nitrogen and oxygen atoms in total. The molecule has 0 amide bonds. The Hall–Kier alpha value is 0.430. The van der Waals surface area contributed by atoms with E-state index in [0.717, 1.165) is 17.8 Å². The SMILES string of the molecule is Brc1ccc(C23CC4CC(CC(C4)C2)C3)cc1I. The smallest absolute Gasteiger partial charge is 0.0309 e. The third kappa shape index (κ3) is 1.81. The van der Waals surface area contributed by atoms with Gasteiger partial charge in [-0.05, 0) is 118 Å². The molecule has 4 bridgehead atoms. The Kier molecular flexibility index (Phi) is 2.85. The van der Waals surface area contributed by atoms with Crippen molar-refractivity contribution >= 4 is 38.5 Å². The van der Waals surface area contributed by atoms with Crippen LogP contribution in [0.1, 0.15) is 44.1 Å². The molecule has 0 aromatic heterocycles. The minimum absolute atomic E-state index is 0.551. The molecule has 0 spiro atoms. The third-order valence-electron chi connectivity index (χ3n) is 5.57. The first-order valence-electron chi connectivity index (χ1n) is 7.10. The van der Waals surface area contributed by atoms with E-state index in [9.17, 15) is 0 Å². The summed E-state index contributed by atoms with van der Waals surface area (Å²) in [4.78, 5) is 0. The summed E-state index contributed by atoms with van der Waals surface area (Å²) in [6.07, 6.45) is 9.01. The first kappa shape index (κ1) is 12.2. The summed E-state index contributed by atoms with van der Waals surface area (Å²) in [7, 11) is 0. The second kappa shape index (κ2) is 4.21. The van der Waals surface area contributed by atoms with Crippen LogP contribution in [0.15, 0.2) is 22.7 Å². The summed E-state index contributed by atoms with van der Waals surface area (Å²) in [6, 6.07) is 7.09. The van der Waals surface area contributed by atoms with Crippen molar-refractivity contribution in [1.82, 2.24) is 0 Å². The molecule has 4 aliphatic rings. The van der Waals surface area contributed by atoms with E-state index in [1.807, 2.05) is 0 Å². The van der Waals surface area contributed by atoms with E-state index < -0.39 is 0 Å². The van der Waals surface area contributed by atoms with Crippen LogP contribution in [0.3, 0.4) is 0 Å². The van der Waals surface area contributed by atoms with Crippen LogP contribution in [0.2, 0.25) is 0 Å². The maximum Gasteiger partial charge on any atom is 0.0309 e. The van der Waals surface area contributed by atoms with Crippen LogP contribution >= 0.6 is 38.5 Å². The van der Waals surface area contributed by atoms with E-state index >= 15 is 0 Å². The van der Waals surface area contributed by atoms with Gasteiger partial charge in [0.05, 0.1) is 0 Å². The molecule has 4 fully saturated rings. The molecular formula is C16H18BrI. The molecule has 1 aromatic carbocycles. The topological polar surface area (TPSA) is 0 Å². The molecule has 0 aliphatic heterocycles. The summed E-state index contributed by atoms with van der Waals surface area (Å²) < 4.78 is 2.62. The van der Waals surface area contributed by atoms with Gasteiger partial charge in [0.15, 0.2) is 0 Å². The average Bonchev–Trinajstić information content (AvgIpc) is 2.31. The van der Waals surface area contributed by atoms with Crippen molar-refractivity contribution in [3.8, 4) is 0 Å². The largest absolute Gasteiger partial charge is 0.0573 e. The molecule has 96 valence electrons. The quantitative estimate of drug-likeness (QED) is 0.528. The predicted octanol–water partition coefficient (Wildman–Crippen LogP) is 5.52. The van der Waals surface area contributed by atoms with Gasteiger partial charge in [0.25, 0.3) is 0 Å². The monoisotopic (exact) mass is 416 g/mol. The maximum absolute atomic E-state index is 3.63. The van der Waals surface area contributed by atoms with Gasteiger partial charge in [-0.1, -0.05) is 6.07 Å². The van der Waals surface area contributed by atoms with Crippen LogP contribution in [0.5, 0.6) is 0 Å². The predicted molar refractivity (Wildman–Crippen MR) is 86.7 cm³/mol. The molecule has 5 rings (SSSR count). The first-order chi connectivity index (χ1) is 8.64. The van der Waals surface area contributed by atoms with Crippen LogP contribution in [0.4, 0.5) is 0 Å². The zero-order valence-electron chi connectivity index (χ0n) is 10.5. The molecular weight excluding hydrogens is 399 g/mol. The zero-order chi connectivity index (χ0) is 12.3. The molecule has 0 unspecified atom stereocenters. The van der Waals surface area contributed by atoms with Gasteiger partial charge in [0.1, 0.15) is 0 Å². The molecule has 4 saturated carbocycles. The Morgan fingerprint density at radius 3 is 2.06 bits per heavy atom. The Labute approximate surface area is 131 Å². The van der Waals surface area contributed by atoms with E-state index in [4.69, 9.17) is 0 Å². The van der Waals surface area contributed by atoms with Crippen LogP contribution in [-0.4, -0.2) is 0 Å². The molecule has 0 radical (unpaired) electrons. The van der Waals surface area contributed by atoms with Gasteiger partial charge >= 0.3 is 0 Å². The van der Waals surface area contributed by atoms with Crippen LogP contribution in [0, 0.1) is 21.3 Å². The molecule has 2 heteroatoms. The summed E-state index contributed by atoms with van der Waals surface area (Å²) in [6.45, 7) is 0. The Morgan fingerprint density at radius 2 is 1.56 bits per heavy atom. The number of halogens is 2. The van der Waals surface area contributed by atoms with Crippen molar-refractivity contribution < 1.29 is 0 Å². The number of hydrogen-bond acceptors (Lipinski definition) is 0. The third-order valence-corrected chi connectivity index (χ3v) is 7.90.